The van der Waals surface area contributed by atoms with Crippen molar-refractivity contribution in [1.82, 2.24) is 0 Å². The van der Waals surface area contributed by atoms with E-state index in [0.717, 1.165) is 5.69 Å². The van der Waals surface area contributed by atoms with Crippen LogP contribution in [-0.2, 0) is 4.79 Å². The molecule has 0 fully saturated rings. The van der Waals surface area contributed by atoms with Crippen molar-refractivity contribution < 1.29 is 13.9 Å². The number of halogens is 2. The molecule has 0 saturated carbocycles. The molecule has 0 spiro atoms. The maximum Gasteiger partial charge on any atom is 0.224 e. The molecule has 2 aromatic carbocycles. The quantitative estimate of drug-likeness (QED) is 0.755. The Bertz CT molecular complexity index is 707. The topological polar surface area (TPSA) is 41.6 Å². The predicted molar refractivity (Wildman–Crippen MR) is 95.5 cm³/mol. The third kappa shape index (κ3) is 5.42. The Balaban J connectivity index is 1.82. The number of carbonyl (C=O) groups is 1. The fourth-order valence-corrected chi connectivity index (χ4v) is 2.36. The Labute approximate surface area is 146 Å². The van der Waals surface area contributed by atoms with Gasteiger partial charge >= 0.3 is 0 Å². The number of hydrogen-bond acceptors (Lipinski definition) is 3. The number of ether oxygens (including phenoxy) is 1. The number of amides is 1. The van der Waals surface area contributed by atoms with Crippen molar-refractivity contribution in [3.05, 3.63) is 53.3 Å². The minimum Gasteiger partial charge on any atom is -0.493 e. The van der Waals surface area contributed by atoms with Gasteiger partial charge in [0, 0.05) is 31.6 Å². The first kappa shape index (κ1) is 18.1. The second kappa shape index (κ2) is 8.55. The van der Waals surface area contributed by atoms with Crippen LogP contribution in [0.4, 0.5) is 15.8 Å². The van der Waals surface area contributed by atoms with E-state index in [0.29, 0.717) is 35.9 Å². The number of carbonyl (C=O) groups excluding carboxylic acids is 1. The van der Waals surface area contributed by atoms with E-state index in [1.807, 2.05) is 25.1 Å². The van der Waals surface area contributed by atoms with Crippen molar-refractivity contribution in [3.8, 4) is 5.75 Å². The van der Waals surface area contributed by atoms with Gasteiger partial charge in [0.2, 0.25) is 5.91 Å². The van der Waals surface area contributed by atoms with E-state index >= 15 is 0 Å². The van der Waals surface area contributed by atoms with Gasteiger partial charge < -0.3 is 15.0 Å². The summed E-state index contributed by atoms with van der Waals surface area (Å²) in [4.78, 5) is 14.0. The summed E-state index contributed by atoms with van der Waals surface area (Å²) >= 11 is 5.99. The number of anilines is 2. The number of nitrogens with zero attached hydrogens (tertiary/aromatic N) is 1. The van der Waals surface area contributed by atoms with Gasteiger partial charge in [0.05, 0.1) is 18.0 Å². The Morgan fingerprint density at radius 2 is 2.04 bits per heavy atom. The zero-order valence-corrected chi connectivity index (χ0v) is 14.4. The van der Waals surface area contributed by atoms with Crippen LogP contribution in [0.25, 0.3) is 0 Å². The summed E-state index contributed by atoms with van der Waals surface area (Å²) in [5, 5.41) is 3.42. The van der Waals surface area contributed by atoms with Crippen LogP contribution in [0.15, 0.2) is 42.5 Å². The Kier molecular flexibility index (Phi) is 6.44. The number of nitrogens with one attached hydrogen (secondary N) is 1. The maximum atomic E-state index is 13.0. The Morgan fingerprint density at radius 3 is 2.75 bits per heavy atom. The van der Waals surface area contributed by atoms with E-state index in [2.05, 4.69) is 5.32 Å². The average molecular weight is 351 g/mol. The van der Waals surface area contributed by atoms with Gasteiger partial charge in [0.25, 0.3) is 0 Å². The normalized spacial score (nSPS) is 10.3. The highest BCUT2D eigenvalue weighted by Gasteiger charge is 2.09. The van der Waals surface area contributed by atoms with Crippen LogP contribution >= 0.6 is 11.6 Å². The molecule has 128 valence electrons. The van der Waals surface area contributed by atoms with Gasteiger partial charge in [-0.1, -0.05) is 17.7 Å². The largest absolute Gasteiger partial charge is 0.493 e. The van der Waals surface area contributed by atoms with E-state index in [1.165, 1.54) is 12.1 Å². The predicted octanol–water partition coefficient (Wildman–Crippen LogP) is 4.34. The van der Waals surface area contributed by atoms with Crippen molar-refractivity contribution in [2.45, 2.75) is 12.8 Å². The van der Waals surface area contributed by atoms with Gasteiger partial charge in [0.1, 0.15) is 11.6 Å². The second-order valence-corrected chi connectivity index (χ2v) is 5.95. The molecule has 0 unspecified atom stereocenters. The van der Waals surface area contributed by atoms with Gasteiger partial charge in [-0.15, -0.1) is 0 Å². The summed E-state index contributed by atoms with van der Waals surface area (Å²) < 4.78 is 18.4. The van der Waals surface area contributed by atoms with Crippen LogP contribution in [0.1, 0.15) is 12.8 Å². The highest BCUT2D eigenvalue weighted by molar-refractivity contribution is 6.31. The third-order valence-corrected chi connectivity index (χ3v) is 3.56. The molecule has 2 aromatic rings. The van der Waals surface area contributed by atoms with Crippen LogP contribution in [0.5, 0.6) is 5.75 Å². The molecule has 4 nitrogen and oxygen atoms in total. The second-order valence-electron chi connectivity index (χ2n) is 5.51. The van der Waals surface area contributed by atoms with E-state index in [1.54, 1.807) is 24.3 Å². The zero-order chi connectivity index (χ0) is 17.5. The van der Waals surface area contributed by atoms with Crippen LogP contribution < -0.4 is 15.0 Å². The van der Waals surface area contributed by atoms with Gasteiger partial charge in [0.15, 0.2) is 0 Å². The van der Waals surface area contributed by atoms with Crippen LogP contribution in [0.2, 0.25) is 5.02 Å². The maximum absolute atomic E-state index is 13.0. The molecule has 0 aliphatic rings. The minimum atomic E-state index is -0.345. The number of hydrogen-bond donors (Lipinski definition) is 1. The average Bonchev–Trinajstić information content (AvgIpc) is 2.51. The summed E-state index contributed by atoms with van der Waals surface area (Å²) in [6.45, 7) is 0.340. The third-order valence-electron chi connectivity index (χ3n) is 3.33. The molecule has 0 saturated heterocycles. The molecule has 0 atom stereocenters. The van der Waals surface area contributed by atoms with Crippen molar-refractivity contribution in [2.24, 2.45) is 0 Å². The van der Waals surface area contributed by atoms with Crippen molar-refractivity contribution >= 4 is 28.9 Å². The number of benzene rings is 2. The first-order valence-electron chi connectivity index (χ1n) is 7.61. The summed E-state index contributed by atoms with van der Waals surface area (Å²) in [6.07, 6.45) is 0.828. The first-order chi connectivity index (χ1) is 11.5. The van der Waals surface area contributed by atoms with Crippen molar-refractivity contribution in [1.29, 1.82) is 0 Å². The van der Waals surface area contributed by atoms with Crippen molar-refractivity contribution in [2.75, 3.05) is 30.9 Å². The Morgan fingerprint density at radius 1 is 1.25 bits per heavy atom. The molecule has 24 heavy (non-hydrogen) atoms. The SMILES string of the molecule is CN(C)c1ccc(Cl)cc1NC(=O)CCCOc1cccc(F)c1. The lowest BCUT2D eigenvalue weighted by molar-refractivity contribution is -0.116. The molecule has 6 heteroatoms. The van der Waals surface area contributed by atoms with Gasteiger partial charge in [-0.25, -0.2) is 4.39 Å². The molecule has 0 radical (unpaired) electrons. The molecule has 1 amide bonds. The summed E-state index contributed by atoms with van der Waals surface area (Å²) in [5.74, 6) is -0.00855. The molecule has 0 aliphatic carbocycles. The molecule has 1 N–H and O–H groups in total. The molecular formula is C18H20ClFN2O2. The minimum absolute atomic E-state index is 0.122. The summed E-state index contributed by atoms with van der Waals surface area (Å²) in [5.41, 5.74) is 1.55. The summed E-state index contributed by atoms with van der Waals surface area (Å²) in [7, 11) is 3.79. The molecule has 0 heterocycles. The highest BCUT2D eigenvalue weighted by atomic mass is 35.5. The van der Waals surface area contributed by atoms with E-state index in [4.69, 9.17) is 16.3 Å². The smallest absolute Gasteiger partial charge is 0.224 e. The summed E-state index contributed by atoms with van der Waals surface area (Å²) in [6, 6.07) is 11.3. The number of rotatable bonds is 7. The van der Waals surface area contributed by atoms with E-state index in [9.17, 15) is 9.18 Å². The lowest BCUT2D eigenvalue weighted by Gasteiger charge is -2.18. The van der Waals surface area contributed by atoms with Crippen LogP contribution in [-0.4, -0.2) is 26.6 Å². The molecule has 0 aliphatic heterocycles. The lowest BCUT2D eigenvalue weighted by Crippen LogP contribution is -2.17. The van der Waals surface area contributed by atoms with Gasteiger partial charge in [-0.05, 0) is 36.8 Å². The van der Waals surface area contributed by atoms with Crippen LogP contribution in [0, 0.1) is 5.82 Å². The van der Waals surface area contributed by atoms with Crippen molar-refractivity contribution in [3.63, 3.8) is 0 Å². The molecular weight excluding hydrogens is 331 g/mol. The standard InChI is InChI=1S/C18H20ClFN2O2/c1-22(2)17-9-8-13(19)11-16(17)21-18(23)7-4-10-24-15-6-3-5-14(20)12-15/h3,5-6,8-9,11-12H,4,7,10H2,1-2H3,(H,21,23). The molecule has 2 rings (SSSR count). The fraction of sp³-hybridized carbons (Fsp3) is 0.278. The van der Waals surface area contributed by atoms with Gasteiger partial charge in [-0.2, -0.15) is 0 Å². The zero-order valence-electron chi connectivity index (χ0n) is 13.7. The van der Waals surface area contributed by atoms with E-state index < -0.39 is 0 Å². The van der Waals surface area contributed by atoms with E-state index in [-0.39, 0.29) is 11.7 Å². The molecule has 0 bridgehead atoms. The molecule has 0 aromatic heterocycles. The first-order valence-corrected chi connectivity index (χ1v) is 7.98. The van der Waals surface area contributed by atoms with Gasteiger partial charge in [-0.3, -0.25) is 4.79 Å². The monoisotopic (exact) mass is 350 g/mol. The van der Waals surface area contributed by atoms with Crippen LogP contribution in [0.3, 0.4) is 0 Å². The fourth-order valence-electron chi connectivity index (χ4n) is 2.19. The highest BCUT2D eigenvalue weighted by Crippen LogP contribution is 2.28. The lowest BCUT2D eigenvalue weighted by atomic mass is 10.2. The Hall–Kier alpha value is -2.27.